The summed E-state index contributed by atoms with van der Waals surface area (Å²) in [7, 11) is 0. The molecule has 0 amide bonds. The van der Waals surface area contributed by atoms with Crippen LogP contribution in [0.3, 0.4) is 0 Å². The molecule has 2 aliphatic rings. The molecule has 0 N–H and O–H groups in total. The molecule has 128 valence electrons. The van der Waals surface area contributed by atoms with E-state index in [1.807, 2.05) is 10.6 Å². The average molecular weight is 316 g/mol. The van der Waals surface area contributed by atoms with Crippen molar-refractivity contribution < 1.29 is 0 Å². The average Bonchev–Trinajstić information content (AvgIpc) is 2.55. The maximum absolute atomic E-state index is 12.0. The van der Waals surface area contributed by atoms with Crippen molar-refractivity contribution in [3.63, 3.8) is 0 Å². The summed E-state index contributed by atoms with van der Waals surface area (Å²) in [6.45, 7) is 6.79. The van der Waals surface area contributed by atoms with Crippen molar-refractivity contribution in [2.45, 2.75) is 70.8 Å². The lowest BCUT2D eigenvalue weighted by Crippen LogP contribution is -2.47. The number of likely N-dealkylation sites (tertiary alicyclic amines) is 1. The fraction of sp³-hybridized carbons (Fsp3) is 0.750. The first-order chi connectivity index (χ1) is 11.3. The lowest BCUT2D eigenvalue weighted by atomic mass is 9.83. The van der Waals surface area contributed by atoms with E-state index in [1.54, 1.807) is 6.07 Å². The Morgan fingerprint density at radius 1 is 1.00 bits per heavy atom. The smallest absolute Gasteiger partial charge is 0.250 e. The molecule has 0 aliphatic carbocycles. The van der Waals surface area contributed by atoms with Gasteiger partial charge in [0.25, 0.3) is 5.56 Å². The van der Waals surface area contributed by atoms with E-state index in [-0.39, 0.29) is 5.56 Å². The number of aromatic nitrogens is 1. The number of unbranched alkanes of at least 4 members (excludes halogenated alkanes) is 6. The first-order valence-electron chi connectivity index (χ1n) is 9.70. The molecule has 1 aromatic rings. The highest BCUT2D eigenvalue weighted by molar-refractivity contribution is 5.16. The lowest BCUT2D eigenvalue weighted by Gasteiger charge is -2.42. The third-order valence-electron chi connectivity index (χ3n) is 5.63. The highest BCUT2D eigenvalue weighted by Gasteiger charge is 2.33. The van der Waals surface area contributed by atoms with Crippen LogP contribution in [-0.4, -0.2) is 29.1 Å². The zero-order valence-electron chi connectivity index (χ0n) is 14.7. The fourth-order valence-electron chi connectivity index (χ4n) is 4.47. The highest BCUT2D eigenvalue weighted by Crippen LogP contribution is 2.34. The zero-order chi connectivity index (χ0) is 16.1. The molecule has 2 bridgehead atoms. The van der Waals surface area contributed by atoms with Crippen LogP contribution in [0.1, 0.15) is 69.9 Å². The van der Waals surface area contributed by atoms with Crippen molar-refractivity contribution in [1.29, 1.82) is 0 Å². The zero-order valence-corrected chi connectivity index (χ0v) is 14.7. The number of hydrogen-bond donors (Lipinski definition) is 0. The monoisotopic (exact) mass is 316 g/mol. The van der Waals surface area contributed by atoms with E-state index in [9.17, 15) is 4.79 Å². The molecular weight excluding hydrogens is 284 g/mol. The summed E-state index contributed by atoms with van der Waals surface area (Å²) in [6, 6.07) is 5.81. The van der Waals surface area contributed by atoms with Gasteiger partial charge in [-0.3, -0.25) is 4.79 Å². The van der Waals surface area contributed by atoms with Gasteiger partial charge in [0.15, 0.2) is 0 Å². The van der Waals surface area contributed by atoms with Gasteiger partial charge in [-0.25, -0.2) is 0 Å². The van der Waals surface area contributed by atoms with Crippen molar-refractivity contribution in [2.75, 3.05) is 19.6 Å². The quantitative estimate of drug-likeness (QED) is 0.677. The maximum atomic E-state index is 12.0. The Morgan fingerprint density at radius 3 is 2.61 bits per heavy atom. The van der Waals surface area contributed by atoms with Gasteiger partial charge in [-0.2, -0.15) is 0 Å². The predicted octanol–water partition coefficient (Wildman–Crippen LogP) is 4.02. The lowest BCUT2D eigenvalue weighted by molar-refractivity contribution is 0.118. The van der Waals surface area contributed by atoms with Crippen molar-refractivity contribution in [1.82, 2.24) is 9.47 Å². The molecule has 0 saturated carbocycles. The predicted molar refractivity (Wildman–Crippen MR) is 96.0 cm³/mol. The van der Waals surface area contributed by atoms with E-state index >= 15 is 0 Å². The molecular formula is C20H32N2O. The molecule has 3 heteroatoms. The summed E-state index contributed by atoms with van der Waals surface area (Å²) in [5.41, 5.74) is 1.47. The Balaban J connectivity index is 1.46. The van der Waals surface area contributed by atoms with Crippen molar-refractivity contribution in [3.8, 4) is 0 Å². The summed E-state index contributed by atoms with van der Waals surface area (Å²) in [5, 5.41) is 0. The largest absolute Gasteiger partial charge is 0.312 e. The standard InChI is InChI=1S/C20H32N2O/c1-2-3-4-5-6-7-8-12-21-14-17-13-18(16-21)19-10-9-11-20(23)22(19)15-17/h9-11,17-18H,2-8,12-16H2,1H3/t17-,18+/m0/s1. The normalized spacial score (nSPS) is 23.7. The number of fused-ring (bicyclic) bond motifs is 4. The van der Waals surface area contributed by atoms with Crippen LogP contribution in [0.15, 0.2) is 23.0 Å². The van der Waals surface area contributed by atoms with Gasteiger partial charge < -0.3 is 9.47 Å². The van der Waals surface area contributed by atoms with Gasteiger partial charge >= 0.3 is 0 Å². The molecule has 23 heavy (non-hydrogen) atoms. The van der Waals surface area contributed by atoms with E-state index in [1.165, 1.54) is 70.2 Å². The Kier molecular flexibility index (Phi) is 5.93. The highest BCUT2D eigenvalue weighted by atomic mass is 16.1. The second-order valence-electron chi connectivity index (χ2n) is 7.58. The van der Waals surface area contributed by atoms with E-state index in [2.05, 4.69) is 17.9 Å². The van der Waals surface area contributed by atoms with Crippen LogP contribution in [0.4, 0.5) is 0 Å². The second-order valence-corrected chi connectivity index (χ2v) is 7.58. The number of pyridine rings is 1. The van der Waals surface area contributed by atoms with Gasteiger partial charge in [0.05, 0.1) is 0 Å². The fourth-order valence-corrected chi connectivity index (χ4v) is 4.47. The van der Waals surface area contributed by atoms with Crippen LogP contribution in [-0.2, 0) is 6.54 Å². The summed E-state index contributed by atoms with van der Waals surface area (Å²) in [6.07, 6.45) is 11.0. The molecule has 3 nitrogen and oxygen atoms in total. The van der Waals surface area contributed by atoms with E-state index in [4.69, 9.17) is 0 Å². The molecule has 1 saturated heterocycles. The number of hydrogen-bond acceptors (Lipinski definition) is 2. The van der Waals surface area contributed by atoms with Gasteiger partial charge in [-0.1, -0.05) is 51.5 Å². The van der Waals surface area contributed by atoms with Gasteiger partial charge in [0.2, 0.25) is 0 Å². The topological polar surface area (TPSA) is 25.2 Å². The van der Waals surface area contributed by atoms with Crippen LogP contribution in [0.2, 0.25) is 0 Å². The minimum Gasteiger partial charge on any atom is -0.312 e. The van der Waals surface area contributed by atoms with Crippen molar-refractivity contribution in [3.05, 3.63) is 34.2 Å². The molecule has 1 aromatic heterocycles. The Morgan fingerprint density at radius 2 is 1.78 bits per heavy atom. The van der Waals surface area contributed by atoms with E-state index in [0.717, 1.165) is 13.1 Å². The second kappa shape index (κ2) is 8.14. The summed E-state index contributed by atoms with van der Waals surface area (Å²) < 4.78 is 2.03. The van der Waals surface area contributed by atoms with Crippen molar-refractivity contribution >= 4 is 0 Å². The molecule has 0 aromatic carbocycles. The van der Waals surface area contributed by atoms with Crippen LogP contribution in [0.25, 0.3) is 0 Å². The molecule has 1 fully saturated rings. The third-order valence-corrected chi connectivity index (χ3v) is 5.63. The first-order valence-corrected chi connectivity index (χ1v) is 9.70. The van der Waals surface area contributed by atoms with Crippen LogP contribution < -0.4 is 5.56 Å². The van der Waals surface area contributed by atoms with Gasteiger partial charge in [0.1, 0.15) is 0 Å². The molecule has 2 atom stereocenters. The maximum Gasteiger partial charge on any atom is 0.250 e. The van der Waals surface area contributed by atoms with Gasteiger partial charge in [-0.15, -0.1) is 0 Å². The summed E-state index contributed by atoms with van der Waals surface area (Å²) in [4.78, 5) is 14.7. The minimum atomic E-state index is 0.192. The Hall–Kier alpha value is -1.09. The molecule has 3 rings (SSSR count). The minimum absolute atomic E-state index is 0.192. The van der Waals surface area contributed by atoms with Crippen molar-refractivity contribution in [2.24, 2.45) is 5.92 Å². The van der Waals surface area contributed by atoms with E-state index < -0.39 is 0 Å². The number of nitrogens with zero attached hydrogens (tertiary/aromatic N) is 2. The number of piperidine rings is 1. The Labute approximate surface area is 140 Å². The van der Waals surface area contributed by atoms with Crippen LogP contribution >= 0.6 is 0 Å². The molecule has 3 heterocycles. The Bertz CT molecular complexity index is 551. The summed E-state index contributed by atoms with van der Waals surface area (Å²) >= 11 is 0. The molecule has 2 aliphatic heterocycles. The van der Waals surface area contributed by atoms with E-state index in [0.29, 0.717) is 11.8 Å². The summed E-state index contributed by atoms with van der Waals surface area (Å²) in [5.74, 6) is 1.24. The van der Waals surface area contributed by atoms with Gasteiger partial charge in [0, 0.05) is 37.3 Å². The van der Waals surface area contributed by atoms with Crippen LogP contribution in [0, 0.1) is 5.92 Å². The SMILES string of the molecule is CCCCCCCCCN1C[C@@H]2C[C@H](C1)c1cccc(=O)n1C2. The first kappa shape index (κ1) is 16.8. The third kappa shape index (κ3) is 4.26. The molecule has 0 unspecified atom stereocenters. The number of rotatable bonds is 8. The van der Waals surface area contributed by atoms with Crippen LogP contribution in [0.5, 0.6) is 0 Å². The molecule has 0 spiro atoms. The van der Waals surface area contributed by atoms with Gasteiger partial charge in [-0.05, 0) is 31.4 Å². The molecule has 0 radical (unpaired) electrons.